The van der Waals surface area contributed by atoms with Crippen LogP contribution in [0.15, 0.2) is 94.0 Å². The van der Waals surface area contributed by atoms with Crippen LogP contribution in [0.2, 0.25) is 0 Å². The molecule has 3 heterocycles. The van der Waals surface area contributed by atoms with Crippen LogP contribution in [-0.4, -0.2) is 35.5 Å². The van der Waals surface area contributed by atoms with Crippen molar-refractivity contribution in [2.75, 3.05) is 18.5 Å². The molecule has 2 aromatic heterocycles. The minimum atomic E-state index is -0.740. The zero-order valence-electron chi connectivity index (χ0n) is 23.0. The number of amides is 1. The Balaban J connectivity index is 1.22. The number of thiazole rings is 1. The lowest BCUT2D eigenvalue weighted by Crippen LogP contribution is -2.31. The topological polar surface area (TPSA) is 111 Å². The Morgan fingerprint density at radius 2 is 1.95 bits per heavy atom. The molecule has 8 nitrogen and oxygen atoms in total. The number of unbranched alkanes of at least 4 members (excludes halogenated alkanes) is 1. The van der Waals surface area contributed by atoms with Gasteiger partial charge in [-0.2, -0.15) is 0 Å². The van der Waals surface area contributed by atoms with E-state index < -0.39 is 18.1 Å². The lowest BCUT2D eigenvalue weighted by atomic mass is 9.93. The predicted molar refractivity (Wildman–Crippen MR) is 163 cm³/mol. The van der Waals surface area contributed by atoms with Gasteiger partial charge >= 0.3 is 0 Å². The van der Waals surface area contributed by atoms with Crippen LogP contribution in [0.4, 0.5) is 5.69 Å². The molecule has 6 rings (SSSR count). The van der Waals surface area contributed by atoms with E-state index in [1.165, 1.54) is 11.8 Å². The third kappa shape index (κ3) is 5.99. The van der Waals surface area contributed by atoms with Crippen molar-refractivity contribution in [3.05, 3.63) is 106 Å². The van der Waals surface area contributed by atoms with E-state index in [1.807, 2.05) is 42.5 Å². The van der Waals surface area contributed by atoms with Crippen LogP contribution in [0.5, 0.6) is 0 Å². The molecule has 0 saturated heterocycles. The molecule has 1 aliphatic rings. The van der Waals surface area contributed by atoms with E-state index in [-0.39, 0.29) is 17.8 Å². The van der Waals surface area contributed by atoms with Crippen molar-refractivity contribution < 1.29 is 23.8 Å². The van der Waals surface area contributed by atoms with E-state index >= 15 is 0 Å². The minimum Gasteiger partial charge on any atom is -0.464 e. The van der Waals surface area contributed by atoms with Gasteiger partial charge in [-0.05, 0) is 79.9 Å². The molecule has 5 aromatic rings. The second kappa shape index (κ2) is 12.3. The van der Waals surface area contributed by atoms with Gasteiger partial charge in [-0.25, -0.2) is 4.98 Å². The number of aliphatic hydroxyl groups is 1. The molecule has 42 heavy (non-hydrogen) atoms. The lowest BCUT2D eigenvalue weighted by molar-refractivity contribution is -0.143. The van der Waals surface area contributed by atoms with Crippen LogP contribution >= 0.6 is 11.3 Å². The maximum absolute atomic E-state index is 13.4. The molecule has 0 bridgehead atoms. The number of ether oxygens (including phenoxy) is 2. The van der Waals surface area contributed by atoms with E-state index in [1.54, 1.807) is 35.6 Å². The van der Waals surface area contributed by atoms with Crippen LogP contribution in [0, 0.1) is 6.92 Å². The van der Waals surface area contributed by atoms with Crippen LogP contribution in [-0.2, 0) is 14.3 Å². The molecule has 2 atom stereocenters. The van der Waals surface area contributed by atoms with Crippen molar-refractivity contribution in [3.8, 4) is 10.6 Å². The molecule has 0 saturated carbocycles. The number of aryl methyl sites for hydroxylation is 1. The van der Waals surface area contributed by atoms with Gasteiger partial charge in [0.15, 0.2) is 11.2 Å². The van der Waals surface area contributed by atoms with Gasteiger partial charge in [0.1, 0.15) is 10.6 Å². The largest absolute Gasteiger partial charge is 0.464 e. The average molecular weight is 583 g/mol. The van der Waals surface area contributed by atoms with Crippen LogP contribution in [0.1, 0.15) is 36.3 Å². The monoisotopic (exact) mass is 582 g/mol. The average Bonchev–Trinajstić information content (AvgIpc) is 3.43. The summed E-state index contributed by atoms with van der Waals surface area (Å²) in [6.45, 7) is 2.49. The highest BCUT2D eigenvalue weighted by Crippen LogP contribution is 2.33. The summed E-state index contributed by atoms with van der Waals surface area (Å²) in [6.07, 6.45) is 3.95. The molecular formula is C33H30N2O6S. The fraction of sp³-hybridized carbons (Fsp3) is 0.242. The Morgan fingerprint density at radius 3 is 2.79 bits per heavy atom. The van der Waals surface area contributed by atoms with Crippen molar-refractivity contribution in [2.45, 2.75) is 38.4 Å². The Kier molecular flexibility index (Phi) is 8.14. The molecule has 0 radical (unpaired) electrons. The van der Waals surface area contributed by atoms with Crippen molar-refractivity contribution in [1.82, 2.24) is 4.98 Å². The molecule has 1 amide bonds. The number of aliphatic hydroxyl groups excluding tert-OH is 1. The molecule has 9 heteroatoms. The zero-order valence-corrected chi connectivity index (χ0v) is 23.9. The maximum Gasteiger partial charge on any atom is 0.290 e. The van der Waals surface area contributed by atoms with Crippen LogP contribution in [0.3, 0.4) is 0 Å². The second-order valence-electron chi connectivity index (χ2n) is 10.3. The number of para-hydroxylation sites is 1. The van der Waals surface area contributed by atoms with Gasteiger partial charge in [-0.3, -0.25) is 9.59 Å². The molecule has 2 unspecified atom stereocenters. The summed E-state index contributed by atoms with van der Waals surface area (Å²) < 4.78 is 18.7. The van der Waals surface area contributed by atoms with Gasteiger partial charge in [0, 0.05) is 35.8 Å². The van der Waals surface area contributed by atoms with E-state index in [0.717, 1.165) is 20.8 Å². The van der Waals surface area contributed by atoms with Crippen molar-refractivity contribution >= 4 is 44.1 Å². The Hall–Kier alpha value is -4.31. The number of hydrogen-bond donors (Lipinski definition) is 2. The van der Waals surface area contributed by atoms with Crippen molar-refractivity contribution in [3.63, 3.8) is 0 Å². The summed E-state index contributed by atoms with van der Waals surface area (Å²) >= 11 is 1.63. The molecule has 0 aliphatic carbocycles. The molecule has 1 aliphatic heterocycles. The van der Waals surface area contributed by atoms with Gasteiger partial charge in [-0.1, -0.05) is 18.2 Å². The Morgan fingerprint density at radius 1 is 1.12 bits per heavy atom. The number of anilines is 1. The highest BCUT2D eigenvalue weighted by atomic mass is 32.1. The maximum atomic E-state index is 13.4. The second-order valence-corrected chi connectivity index (χ2v) is 11.3. The summed E-state index contributed by atoms with van der Waals surface area (Å²) in [5, 5.41) is 13.4. The quantitative estimate of drug-likeness (QED) is 0.190. The normalized spacial score (nSPS) is 16.8. The number of carbonyl (C=O) groups is 1. The third-order valence-electron chi connectivity index (χ3n) is 7.18. The molecule has 3 aromatic carbocycles. The van der Waals surface area contributed by atoms with Gasteiger partial charge in [-0.15, -0.1) is 11.3 Å². The number of nitrogens with one attached hydrogen (secondary N) is 1. The number of carbonyl (C=O) groups excluding carboxylic acids is 1. The first-order chi connectivity index (χ1) is 20.5. The number of nitrogens with zero attached hydrogens (tertiary/aromatic N) is 1. The van der Waals surface area contributed by atoms with Gasteiger partial charge in [0.25, 0.3) is 5.91 Å². The molecule has 2 N–H and O–H groups in total. The first-order valence-electron chi connectivity index (χ1n) is 13.9. The van der Waals surface area contributed by atoms with E-state index in [4.69, 9.17) is 24.0 Å². The summed E-state index contributed by atoms with van der Waals surface area (Å²) in [7, 11) is 0. The summed E-state index contributed by atoms with van der Waals surface area (Å²) in [5.74, 6) is -0.832. The van der Waals surface area contributed by atoms with E-state index in [9.17, 15) is 9.59 Å². The highest BCUT2D eigenvalue weighted by Gasteiger charge is 2.31. The minimum absolute atomic E-state index is 0.0663. The smallest absolute Gasteiger partial charge is 0.290 e. The summed E-state index contributed by atoms with van der Waals surface area (Å²) in [5.41, 5.74) is 4.49. The fourth-order valence-corrected chi connectivity index (χ4v) is 6.03. The fourth-order valence-electron chi connectivity index (χ4n) is 4.96. The summed E-state index contributed by atoms with van der Waals surface area (Å²) in [6, 6.07) is 20.8. The van der Waals surface area contributed by atoms with Crippen LogP contribution in [0.25, 0.3) is 31.8 Å². The SMILES string of the molecule is Cc1ccc2nc(-c3ccc(NC(=O)C4=CC(c5coc6ccccc6c5=O)CC(OCCCCO)O4)cc3)sc2c1. The number of fused-ring (bicyclic) bond motifs is 2. The molecule has 0 fully saturated rings. The van der Waals surface area contributed by atoms with E-state index in [2.05, 4.69) is 18.3 Å². The number of aromatic nitrogens is 1. The molecule has 0 spiro atoms. The third-order valence-corrected chi connectivity index (χ3v) is 8.24. The summed E-state index contributed by atoms with van der Waals surface area (Å²) in [4.78, 5) is 31.4. The van der Waals surface area contributed by atoms with Crippen LogP contribution < -0.4 is 10.7 Å². The number of allylic oxidation sites excluding steroid dienone is 1. The van der Waals surface area contributed by atoms with Crippen molar-refractivity contribution in [2.24, 2.45) is 0 Å². The molecular weight excluding hydrogens is 552 g/mol. The van der Waals surface area contributed by atoms with Gasteiger partial charge in [0.05, 0.1) is 28.5 Å². The predicted octanol–water partition coefficient (Wildman–Crippen LogP) is 6.52. The van der Waals surface area contributed by atoms with Gasteiger partial charge in [0.2, 0.25) is 6.29 Å². The number of rotatable bonds is 9. The van der Waals surface area contributed by atoms with Crippen molar-refractivity contribution in [1.29, 1.82) is 0 Å². The Labute approximate surface area is 246 Å². The standard InChI is InChI=1S/C33H30N2O6S/c1-20-8-13-26-29(16-20)42-33(35-26)21-9-11-23(12-10-21)34-32(38)28-17-22(18-30(41-28)39-15-5-4-14-36)25-19-40-27-7-3-2-6-24(27)31(25)37/h2-3,6-13,16-17,19,22,30,36H,4-5,14-15,18H2,1H3,(H,34,38). The Bertz CT molecular complexity index is 1820. The zero-order chi connectivity index (χ0) is 29.1. The lowest BCUT2D eigenvalue weighted by Gasteiger charge is -2.29. The van der Waals surface area contributed by atoms with E-state index in [0.29, 0.717) is 48.1 Å². The van der Waals surface area contributed by atoms with Gasteiger partial charge < -0.3 is 24.3 Å². The first-order valence-corrected chi connectivity index (χ1v) is 14.7. The first kappa shape index (κ1) is 27.8. The number of hydrogen-bond acceptors (Lipinski definition) is 8. The molecule has 214 valence electrons. The highest BCUT2D eigenvalue weighted by molar-refractivity contribution is 7.21. The number of benzene rings is 3.